The summed E-state index contributed by atoms with van der Waals surface area (Å²) < 4.78 is 25.0. The Bertz CT molecular complexity index is 710. The average molecular weight is 358 g/mol. The molecule has 4 heteroatoms. The molecule has 140 valence electrons. The summed E-state index contributed by atoms with van der Waals surface area (Å²) in [7, 11) is 0. The van der Waals surface area contributed by atoms with E-state index in [0.717, 1.165) is 24.8 Å². The molecule has 0 aliphatic heterocycles. The van der Waals surface area contributed by atoms with E-state index in [1.165, 1.54) is 17.7 Å². The van der Waals surface area contributed by atoms with Gasteiger partial charge in [0.1, 0.15) is 17.7 Å². The summed E-state index contributed by atoms with van der Waals surface area (Å²) in [4.78, 5) is 12.4. The van der Waals surface area contributed by atoms with Gasteiger partial charge in [0.15, 0.2) is 0 Å². The van der Waals surface area contributed by atoms with Crippen LogP contribution in [-0.2, 0) is 11.2 Å². The van der Waals surface area contributed by atoms with Crippen LogP contribution in [0.3, 0.4) is 0 Å². The number of aryl methyl sites for hydroxylation is 1. The normalized spacial score (nSPS) is 11.8. The van der Waals surface area contributed by atoms with Gasteiger partial charge in [-0.1, -0.05) is 44.5 Å². The molecule has 0 fully saturated rings. The highest BCUT2D eigenvalue weighted by Gasteiger charge is 2.19. The zero-order chi connectivity index (χ0) is 18.9. The van der Waals surface area contributed by atoms with E-state index in [0.29, 0.717) is 18.8 Å². The average Bonchev–Trinajstić information content (AvgIpc) is 2.65. The summed E-state index contributed by atoms with van der Waals surface area (Å²) in [5, 5.41) is 0. The van der Waals surface area contributed by atoms with Gasteiger partial charge in [-0.15, -0.1) is 0 Å². The standard InChI is InChI=1S/C22H27FO3/c1-4-7-8-16-9-11-17(12-10-16)21(5-2)26-22(24)19-14-13-18(25-6-3)15-20(19)23/h9-15,21H,4-8H2,1-3H3. The molecular formula is C22H27FO3. The molecule has 0 spiro atoms. The number of unbranched alkanes of at least 4 members (excludes halogenated alkanes) is 1. The van der Waals surface area contributed by atoms with Crippen LogP contribution in [0.1, 0.15) is 67.6 Å². The molecule has 2 aromatic rings. The van der Waals surface area contributed by atoms with Crippen LogP contribution < -0.4 is 4.74 Å². The highest BCUT2D eigenvalue weighted by atomic mass is 19.1. The van der Waals surface area contributed by atoms with Crippen LogP contribution in [0.2, 0.25) is 0 Å². The van der Waals surface area contributed by atoms with E-state index in [-0.39, 0.29) is 5.56 Å². The second kappa shape index (κ2) is 9.95. The largest absolute Gasteiger partial charge is 0.494 e. The molecule has 0 saturated carbocycles. The summed E-state index contributed by atoms with van der Waals surface area (Å²) in [5.41, 5.74) is 2.12. The number of benzene rings is 2. The van der Waals surface area contributed by atoms with Crippen molar-refractivity contribution in [1.82, 2.24) is 0 Å². The first-order valence-corrected chi connectivity index (χ1v) is 9.31. The molecule has 0 amide bonds. The molecule has 1 unspecified atom stereocenters. The minimum Gasteiger partial charge on any atom is -0.494 e. The maximum absolute atomic E-state index is 14.2. The van der Waals surface area contributed by atoms with Crippen LogP contribution in [-0.4, -0.2) is 12.6 Å². The monoisotopic (exact) mass is 358 g/mol. The molecule has 0 saturated heterocycles. The Hall–Kier alpha value is -2.36. The highest BCUT2D eigenvalue weighted by molar-refractivity contribution is 5.90. The Kier molecular flexibility index (Phi) is 7.64. The van der Waals surface area contributed by atoms with Gasteiger partial charge in [-0.05, 0) is 49.4 Å². The van der Waals surface area contributed by atoms with E-state index in [2.05, 4.69) is 19.1 Å². The SMILES string of the molecule is CCCCc1ccc(C(CC)OC(=O)c2ccc(OCC)cc2F)cc1. The van der Waals surface area contributed by atoms with Crippen molar-refractivity contribution in [2.45, 2.75) is 52.6 Å². The lowest BCUT2D eigenvalue weighted by Gasteiger charge is -2.17. The second-order valence-electron chi connectivity index (χ2n) is 6.22. The van der Waals surface area contributed by atoms with Crippen molar-refractivity contribution in [3.8, 4) is 5.75 Å². The first-order valence-electron chi connectivity index (χ1n) is 9.31. The van der Waals surface area contributed by atoms with Gasteiger partial charge in [-0.3, -0.25) is 0 Å². The molecule has 2 aromatic carbocycles. The van der Waals surface area contributed by atoms with Crippen LogP contribution in [0.5, 0.6) is 5.75 Å². The Balaban J connectivity index is 2.08. The molecule has 2 rings (SSSR count). The van der Waals surface area contributed by atoms with E-state index in [9.17, 15) is 9.18 Å². The summed E-state index contributed by atoms with van der Waals surface area (Å²) in [6, 6.07) is 12.3. The number of hydrogen-bond donors (Lipinski definition) is 0. The minimum atomic E-state index is -0.660. The fourth-order valence-electron chi connectivity index (χ4n) is 2.78. The Morgan fingerprint density at radius 3 is 2.38 bits per heavy atom. The lowest BCUT2D eigenvalue weighted by molar-refractivity contribution is 0.0282. The maximum Gasteiger partial charge on any atom is 0.341 e. The van der Waals surface area contributed by atoms with Gasteiger partial charge >= 0.3 is 5.97 Å². The molecule has 0 radical (unpaired) electrons. The molecule has 0 aromatic heterocycles. The second-order valence-corrected chi connectivity index (χ2v) is 6.22. The van der Waals surface area contributed by atoms with Gasteiger partial charge in [0.2, 0.25) is 0 Å². The molecule has 1 atom stereocenters. The first kappa shape index (κ1) is 20.0. The quantitative estimate of drug-likeness (QED) is 0.526. The smallest absolute Gasteiger partial charge is 0.341 e. The Morgan fingerprint density at radius 1 is 1.08 bits per heavy atom. The zero-order valence-corrected chi connectivity index (χ0v) is 15.8. The van der Waals surface area contributed by atoms with Gasteiger partial charge in [0.05, 0.1) is 12.2 Å². The van der Waals surface area contributed by atoms with Gasteiger partial charge in [-0.2, -0.15) is 0 Å². The third kappa shape index (κ3) is 5.32. The Morgan fingerprint density at radius 2 is 1.81 bits per heavy atom. The van der Waals surface area contributed by atoms with Gasteiger partial charge < -0.3 is 9.47 Å². The predicted octanol–water partition coefficient (Wildman–Crippen LogP) is 5.88. The predicted molar refractivity (Wildman–Crippen MR) is 101 cm³/mol. The zero-order valence-electron chi connectivity index (χ0n) is 15.8. The highest BCUT2D eigenvalue weighted by Crippen LogP contribution is 2.25. The van der Waals surface area contributed by atoms with Crippen molar-refractivity contribution >= 4 is 5.97 Å². The van der Waals surface area contributed by atoms with Crippen LogP contribution in [0.4, 0.5) is 4.39 Å². The van der Waals surface area contributed by atoms with E-state index >= 15 is 0 Å². The number of carbonyl (C=O) groups excluding carboxylic acids is 1. The van der Waals surface area contributed by atoms with E-state index < -0.39 is 17.9 Å². The van der Waals surface area contributed by atoms with Crippen molar-refractivity contribution in [2.24, 2.45) is 0 Å². The molecule has 0 heterocycles. The summed E-state index contributed by atoms with van der Waals surface area (Å²) >= 11 is 0. The third-order valence-electron chi connectivity index (χ3n) is 4.26. The van der Waals surface area contributed by atoms with Crippen LogP contribution in [0, 0.1) is 5.82 Å². The van der Waals surface area contributed by atoms with Crippen LogP contribution >= 0.6 is 0 Å². The minimum absolute atomic E-state index is 0.0773. The number of esters is 1. The van der Waals surface area contributed by atoms with Crippen molar-refractivity contribution in [2.75, 3.05) is 6.61 Å². The fraction of sp³-hybridized carbons (Fsp3) is 0.409. The summed E-state index contributed by atoms with van der Waals surface area (Å²) in [6.45, 7) is 6.37. The van der Waals surface area contributed by atoms with Gasteiger partial charge in [-0.25, -0.2) is 9.18 Å². The molecular weight excluding hydrogens is 331 g/mol. The third-order valence-corrected chi connectivity index (χ3v) is 4.26. The maximum atomic E-state index is 14.2. The van der Waals surface area contributed by atoms with Crippen molar-refractivity contribution in [3.63, 3.8) is 0 Å². The summed E-state index contributed by atoms with van der Waals surface area (Å²) in [5.74, 6) is -0.894. The molecule has 0 N–H and O–H groups in total. The first-order chi connectivity index (χ1) is 12.6. The van der Waals surface area contributed by atoms with Crippen molar-refractivity contribution < 1.29 is 18.7 Å². The van der Waals surface area contributed by atoms with E-state index in [4.69, 9.17) is 9.47 Å². The van der Waals surface area contributed by atoms with Gasteiger partial charge in [0.25, 0.3) is 0 Å². The summed E-state index contributed by atoms with van der Waals surface area (Å²) in [6.07, 6.45) is 3.59. The number of hydrogen-bond acceptors (Lipinski definition) is 3. The van der Waals surface area contributed by atoms with Crippen LogP contribution in [0.15, 0.2) is 42.5 Å². The Labute approximate surface area is 155 Å². The number of carbonyl (C=O) groups is 1. The molecule has 26 heavy (non-hydrogen) atoms. The molecule has 0 aliphatic rings. The van der Waals surface area contributed by atoms with E-state index in [1.54, 1.807) is 6.07 Å². The van der Waals surface area contributed by atoms with Crippen molar-refractivity contribution in [3.05, 3.63) is 65.0 Å². The molecule has 3 nitrogen and oxygen atoms in total. The lowest BCUT2D eigenvalue weighted by Crippen LogP contribution is -2.13. The number of rotatable bonds is 9. The van der Waals surface area contributed by atoms with Gasteiger partial charge in [0, 0.05) is 6.07 Å². The number of halogens is 1. The number of ether oxygens (including phenoxy) is 2. The topological polar surface area (TPSA) is 35.5 Å². The van der Waals surface area contributed by atoms with E-state index in [1.807, 2.05) is 26.0 Å². The van der Waals surface area contributed by atoms with Crippen molar-refractivity contribution in [1.29, 1.82) is 0 Å². The molecule has 0 aliphatic carbocycles. The molecule has 0 bridgehead atoms. The lowest BCUT2D eigenvalue weighted by atomic mass is 10.0. The fourth-order valence-corrected chi connectivity index (χ4v) is 2.78. The van der Waals surface area contributed by atoms with Crippen LogP contribution in [0.25, 0.3) is 0 Å².